The van der Waals surface area contributed by atoms with Gasteiger partial charge in [-0.25, -0.2) is 0 Å². The SMILES string of the molecule is C.O=C1CC=CCCO1. The Morgan fingerprint density at radius 3 is 3.00 bits per heavy atom. The van der Waals surface area contributed by atoms with Gasteiger partial charge in [0.25, 0.3) is 0 Å². The van der Waals surface area contributed by atoms with Crippen molar-refractivity contribution >= 4 is 5.97 Å². The maximum atomic E-state index is 10.4. The molecule has 0 N–H and O–H groups in total. The molecule has 0 fully saturated rings. The third kappa shape index (κ3) is 2.90. The second kappa shape index (κ2) is 4.13. The lowest BCUT2D eigenvalue weighted by molar-refractivity contribution is -0.142. The summed E-state index contributed by atoms with van der Waals surface area (Å²) in [5.74, 6) is -0.112. The summed E-state index contributed by atoms with van der Waals surface area (Å²) in [5.41, 5.74) is 0. The van der Waals surface area contributed by atoms with E-state index in [9.17, 15) is 4.79 Å². The van der Waals surface area contributed by atoms with Gasteiger partial charge >= 0.3 is 5.97 Å². The highest BCUT2D eigenvalue weighted by molar-refractivity contribution is 5.71. The second-order valence-electron chi connectivity index (χ2n) is 1.68. The van der Waals surface area contributed by atoms with Crippen molar-refractivity contribution in [1.82, 2.24) is 0 Å². The van der Waals surface area contributed by atoms with Crippen LogP contribution in [0.1, 0.15) is 20.3 Å². The molecule has 0 aromatic carbocycles. The molecule has 0 radical (unpaired) electrons. The predicted molar refractivity (Wildman–Crippen MR) is 36.1 cm³/mol. The molecule has 0 spiro atoms. The van der Waals surface area contributed by atoms with Crippen LogP contribution < -0.4 is 0 Å². The Balaban J connectivity index is 0.000000640. The van der Waals surface area contributed by atoms with Crippen LogP contribution in [0, 0.1) is 0 Å². The van der Waals surface area contributed by atoms with Gasteiger partial charge < -0.3 is 4.74 Å². The van der Waals surface area contributed by atoms with E-state index in [1.54, 1.807) is 0 Å². The van der Waals surface area contributed by atoms with Gasteiger partial charge in [-0.1, -0.05) is 19.6 Å². The molecule has 0 aliphatic carbocycles. The lowest BCUT2D eigenvalue weighted by atomic mass is 10.3. The summed E-state index contributed by atoms with van der Waals surface area (Å²) >= 11 is 0. The molecule has 0 unspecified atom stereocenters. The zero-order valence-electron chi connectivity index (χ0n) is 4.59. The molecule has 1 rings (SSSR count). The Hall–Kier alpha value is -0.790. The Kier molecular flexibility index (Phi) is 3.76. The molecule has 52 valence electrons. The monoisotopic (exact) mass is 128 g/mol. The maximum absolute atomic E-state index is 10.4. The van der Waals surface area contributed by atoms with Gasteiger partial charge in [0.1, 0.15) is 0 Å². The number of esters is 1. The number of hydrogen-bond acceptors (Lipinski definition) is 2. The molecule has 2 heteroatoms. The van der Waals surface area contributed by atoms with Gasteiger partial charge in [0.05, 0.1) is 13.0 Å². The summed E-state index contributed by atoms with van der Waals surface area (Å²) in [7, 11) is 0. The number of ether oxygens (including phenoxy) is 1. The first-order chi connectivity index (χ1) is 3.89. The predicted octanol–water partition coefficient (Wildman–Crippen LogP) is 1.52. The van der Waals surface area contributed by atoms with Crippen LogP contribution in [0.15, 0.2) is 12.2 Å². The zero-order chi connectivity index (χ0) is 5.82. The van der Waals surface area contributed by atoms with Crippen LogP contribution in [0.2, 0.25) is 0 Å². The molecule has 0 bridgehead atoms. The first-order valence-corrected chi connectivity index (χ1v) is 2.70. The quantitative estimate of drug-likeness (QED) is 0.365. The average Bonchev–Trinajstić information content (AvgIpc) is 1.94. The van der Waals surface area contributed by atoms with Crippen LogP contribution in [-0.4, -0.2) is 12.6 Å². The van der Waals surface area contributed by atoms with Crippen LogP contribution in [0.3, 0.4) is 0 Å². The van der Waals surface area contributed by atoms with Crippen molar-refractivity contribution in [3.05, 3.63) is 12.2 Å². The molecular weight excluding hydrogens is 116 g/mol. The first-order valence-electron chi connectivity index (χ1n) is 2.70. The van der Waals surface area contributed by atoms with E-state index < -0.39 is 0 Å². The summed E-state index contributed by atoms with van der Waals surface area (Å²) in [6.07, 6.45) is 5.12. The first kappa shape index (κ1) is 8.21. The summed E-state index contributed by atoms with van der Waals surface area (Å²) in [6, 6.07) is 0. The number of rotatable bonds is 0. The van der Waals surface area contributed by atoms with Crippen LogP contribution in [0.4, 0.5) is 0 Å². The minimum absolute atomic E-state index is 0. The molecular formula is C7H12O2. The Labute approximate surface area is 55.5 Å². The van der Waals surface area contributed by atoms with Crippen LogP contribution >= 0.6 is 0 Å². The molecule has 1 heterocycles. The van der Waals surface area contributed by atoms with Crippen LogP contribution in [0.25, 0.3) is 0 Å². The number of carbonyl (C=O) groups excluding carboxylic acids is 1. The molecule has 0 aromatic heterocycles. The van der Waals surface area contributed by atoms with Crippen molar-refractivity contribution in [2.24, 2.45) is 0 Å². The minimum Gasteiger partial charge on any atom is -0.465 e. The van der Waals surface area contributed by atoms with Crippen molar-refractivity contribution in [3.63, 3.8) is 0 Å². The van der Waals surface area contributed by atoms with Crippen molar-refractivity contribution in [2.45, 2.75) is 20.3 Å². The fourth-order valence-electron chi connectivity index (χ4n) is 0.597. The lowest BCUT2D eigenvalue weighted by Gasteiger charge is -1.94. The fourth-order valence-corrected chi connectivity index (χ4v) is 0.597. The lowest BCUT2D eigenvalue weighted by Crippen LogP contribution is -2.00. The number of hydrogen-bond donors (Lipinski definition) is 0. The van der Waals surface area contributed by atoms with E-state index >= 15 is 0 Å². The van der Waals surface area contributed by atoms with E-state index in [1.165, 1.54) is 0 Å². The third-order valence-electron chi connectivity index (χ3n) is 0.999. The van der Waals surface area contributed by atoms with Crippen molar-refractivity contribution < 1.29 is 9.53 Å². The summed E-state index contributed by atoms with van der Waals surface area (Å²) in [4.78, 5) is 10.4. The Morgan fingerprint density at radius 2 is 2.22 bits per heavy atom. The molecule has 1 aliphatic rings. The van der Waals surface area contributed by atoms with Gasteiger partial charge in [-0.3, -0.25) is 4.79 Å². The fraction of sp³-hybridized carbons (Fsp3) is 0.571. The van der Waals surface area contributed by atoms with Gasteiger partial charge in [-0.05, 0) is 6.42 Å². The molecule has 0 atom stereocenters. The standard InChI is InChI=1S/C6H8O2.CH4/c7-6-4-2-1-3-5-8-6;/h1-2H,3-5H2;1H4. The van der Waals surface area contributed by atoms with E-state index in [-0.39, 0.29) is 13.4 Å². The third-order valence-corrected chi connectivity index (χ3v) is 0.999. The molecule has 9 heavy (non-hydrogen) atoms. The Morgan fingerprint density at radius 1 is 1.44 bits per heavy atom. The highest BCUT2D eigenvalue weighted by Gasteiger charge is 2.00. The van der Waals surface area contributed by atoms with E-state index in [1.807, 2.05) is 12.2 Å². The van der Waals surface area contributed by atoms with E-state index in [4.69, 9.17) is 4.74 Å². The van der Waals surface area contributed by atoms with Crippen molar-refractivity contribution in [3.8, 4) is 0 Å². The van der Waals surface area contributed by atoms with Gasteiger partial charge in [-0.2, -0.15) is 0 Å². The maximum Gasteiger partial charge on any atom is 0.309 e. The molecule has 0 saturated heterocycles. The van der Waals surface area contributed by atoms with Crippen LogP contribution in [0.5, 0.6) is 0 Å². The molecule has 0 saturated carbocycles. The highest BCUT2D eigenvalue weighted by atomic mass is 16.5. The summed E-state index contributed by atoms with van der Waals surface area (Å²) < 4.78 is 4.70. The van der Waals surface area contributed by atoms with Gasteiger partial charge in [0, 0.05) is 0 Å². The van der Waals surface area contributed by atoms with Crippen molar-refractivity contribution in [2.75, 3.05) is 6.61 Å². The Bertz CT molecular complexity index is 116. The summed E-state index contributed by atoms with van der Waals surface area (Å²) in [5, 5.41) is 0. The van der Waals surface area contributed by atoms with E-state index in [0.717, 1.165) is 6.42 Å². The van der Waals surface area contributed by atoms with Gasteiger partial charge in [0.2, 0.25) is 0 Å². The van der Waals surface area contributed by atoms with Gasteiger partial charge in [-0.15, -0.1) is 0 Å². The van der Waals surface area contributed by atoms with E-state index in [0.29, 0.717) is 13.0 Å². The zero-order valence-corrected chi connectivity index (χ0v) is 4.59. The average molecular weight is 128 g/mol. The molecule has 0 aromatic rings. The van der Waals surface area contributed by atoms with Crippen LogP contribution in [-0.2, 0) is 9.53 Å². The molecule has 1 aliphatic heterocycles. The number of carbonyl (C=O) groups is 1. The highest BCUT2D eigenvalue weighted by Crippen LogP contribution is 1.97. The summed E-state index contributed by atoms with van der Waals surface area (Å²) in [6.45, 7) is 0.551. The van der Waals surface area contributed by atoms with E-state index in [2.05, 4.69) is 0 Å². The molecule has 2 nitrogen and oxygen atoms in total. The van der Waals surface area contributed by atoms with Crippen molar-refractivity contribution in [1.29, 1.82) is 0 Å². The smallest absolute Gasteiger partial charge is 0.309 e. The largest absolute Gasteiger partial charge is 0.465 e. The minimum atomic E-state index is -0.112. The normalized spacial score (nSPS) is 17.6. The number of cyclic esters (lactones) is 1. The molecule has 0 amide bonds. The topological polar surface area (TPSA) is 26.3 Å². The van der Waals surface area contributed by atoms with Gasteiger partial charge in [0.15, 0.2) is 0 Å². The second-order valence-corrected chi connectivity index (χ2v) is 1.68.